The Kier molecular flexibility index (Phi) is 2.96. The minimum atomic E-state index is 0.521. The Hall–Kier alpha value is -1.02. The third kappa shape index (κ3) is 2.32. The Balaban J connectivity index is 2.11. The van der Waals surface area contributed by atoms with Crippen LogP contribution in [0.5, 0.6) is 0 Å². The van der Waals surface area contributed by atoms with Gasteiger partial charge >= 0.3 is 0 Å². The van der Waals surface area contributed by atoms with Crippen molar-refractivity contribution in [3.63, 3.8) is 0 Å². The summed E-state index contributed by atoms with van der Waals surface area (Å²) >= 11 is 0. The maximum absolute atomic E-state index is 5.84. The number of rotatable bonds is 4. The van der Waals surface area contributed by atoms with E-state index in [0.29, 0.717) is 6.04 Å². The maximum Gasteiger partial charge on any atom is 0.0437 e. The average molecular weight is 204 g/mol. The van der Waals surface area contributed by atoms with E-state index in [1.165, 1.54) is 24.1 Å². The predicted octanol–water partition coefficient (Wildman–Crippen LogP) is 2.17. The highest BCUT2D eigenvalue weighted by molar-refractivity contribution is 5.48. The van der Waals surface area contributed by atoms with E-state index in [0.717, 1.165) is 12.5 Å². The Morgan fingerprint density at radius 2 is 1.93 bits per heavy atom. The maximum atomic E-state index is 5.84. The minimum absolute atomic E-state index is 0.521. The summed E-state index contributed by atoms with van der Waals surface area (Å²) in [5, 5.41) is 0. The first-order valence-corrected chi connectivity index (χ1v) is 5.72. The molecule has 0 heterocycles. The zero-order valence-electron chi connectivity index (χ0n) is 9.61. The van der Waals surface area contributed by atoms with Gasteiger partial charge in [0.15, 0.2) is 0 Å². The number of nitrogens with zero attached hydrogens (tertiary/aromatic N) is 1. The van der Waals surface area contributed by atoms with E-state index in [1.54, 1.807) is 0 Å². The highest BCUT2D eigenvalue weighted by atomic mass is 15.2. The molecule has 0 radical (unpaired) electrons. The Morgan fingerprint density at radius 1 is 1.33 bits per heavy atom. The molecule has 1 saturated carbocycles. The van der Waals surface area contributed by atoms with Gasteiger partial charge in [0.25, 0.3) is 0 Å². The highest BCUT2D eigenvalue weighted by Crippen LogP contribution is 2.36. The van der Waals surface area contributed by atoms with Crippen LogP contribution in [-0.4, -0.2) is 19.6 Å². The lowest BCUT2D eigenvalue weighted by atomic mass is 10.1. The highest BCUT2D eigenvalue weighted by Gasteiger charge is 2.32. The number of hydrogen-bond acceptors (Lipinski definition) is 2. The van der Waals surface area contributed by atoms with E-state index < -0.39 is 0 Å². The summed E-state index contributed by atoms with van der Waals surface area (Å²) in [7, 11) is 2.15. The molecule has 1 aliphatic carbocycles. The molecule has 2 rings (SSSR count). The van der Waals surface area contributed by atoms with Crippen LogP contribution in [0, 0.1) is 12.8 Å². The normalized spacial score (nSPS) is 17.5. The summed E-state index contributed by atoms with van der Waals surface area (Å²) in [5.41, 5.74) is 8.43. The number of nitrogens with two attached hydrogens (primary N) is 1. The number of likely N-dealkylation sites (N-methyl/N-ethyl adjacent to an activating group) is 1. The largest absolute Gasteiger partial charge is 0.370 e. The van der Waals surface area contributed by atoms with Crippen LogP contribution in [0.4, 0.5) is 5.69 Å². The van der Waals surface area contributed by atoms with Gasteiger partial charge in [0.1, 0.15) is 0 Å². The average Bonchev–Trinajstić information content (AvgIpc) is 3.04. The predicted molar refractivity (Wildman–Crippen MR) is 65.1 cm³/mol. The molecule has 0 amide bonds. The molecule has 15 heavy (non-hydrogen) atoms. The molecule has 0 aromatic heterocycles. The van der Waals surface area contributed by atoms with E-state index in [4.69, 9.17) is 5.73 Å². The van der Waals surface area contributed by atoms with E-state index in [9.17, 15) is 0 Å². The molecule has 0 spiro atoms. The van der Waals surface area contributed by atoms with Crippen molar-refractivity contribution in [3.05, 3.63) is 29.8 Å². The molecule has 82 valence electrons. The molecule has 1 atom stereocenters. The summed E-state index contributed by atoms with van der Waals surface area (Å²) in [5.74, 6) is 0.821. The molecule has 1 aromatic rings. The molecular formula is C13H20N2. The van der Waals surface area contributed by atoms with Gasteiger partial charge in [0.2, 0.25) is 0 Å². The first-order valence-electron chi connectivity index (χ1n) is 5.72. The number of benzene rings is 1. The quantitative estimate of drug-likeness (QED) is 0.814. The number of hydrogen-bond donors (Lipinski definition) is 1. The van der Waals surface area contributed by atoms with Crippen molar-refractivity contribution < 1.29 is 0 Å². The van der Waals surface area contributed by atoms with Gasteiger partial charge in [0, 0.05) is 25.3 Å². The minimum Gasteiger partial charge on any atom is -0.370 e. The van der Waals surface area contributed by atoms with Crippen molar-refractivity contribution in [3.8, 4) is 0 Å². The van der Waals surface area contributed by atoms with Gasteiger partial charge in [-0.15, -0.1) is 0 Å². The van der Waals surface area contributed by atoms with Crippen LogP contribution < -0.4 is 10.6 Å². The smallest absolute Gasteiger partial charge is 0.0437 e. The third-order valence-electron chi connectivity index (χ3n) is 3.35. The van der Waals surface area contributed by atoms with Gasteiger partial charge < -0.3 is 10.6 Å². The standard InChI is InChI=1S/C13H20N2/c1-10-3-7-12(8-4-10)15(2)13(9-14)11-5-6-11/h3-4,7-8,11,13H,5-6,9,14H2,1-2H3. The topological polar surface area (TPSA) is 29.3 Å². The summed E-state index contributed by atoms with van der Waals surface area (Å²) in [6, 6.07) is 9.20. The van der Waals surface area contributed by atoms with Gasteiger partial charge in [-0.05, 0) is 37.8 Å². The first-order chi connectivity index (χ1) is 7.22. The van der Waals surface area contributed by atoms with Crippen LogP contribution in [-0.2, 0) is 0 Å². The third-order valence-corrected chi connectivity index (χ3v) is 3.35. The zero-order chi connectivity index (χ0) is 10.8. The van der Waals surface area contributed by atoms with Crippen LogP contribution in [0.1, 0.15) is 18.4 Å². The van der Waals surface area contributed by atoms with Crippen LogP contribution in [0.3, 0.4) is 0 Å². The Bertz CT molecular complexity index is 314. The Labute approximate surface area is 92.1 Å². The molecule has 1 aliphatic rings. The van der Waals surface area contributed by atoms with Gasteiger partial charge in [0.05, 0.1) is 0 Å². The molecular weight excluding hydrogens is 184 g/mol. The van der Waals surface area contributed by atoms with Gasteiger partial charge in [-0.3, -0.25) is 0 Å². The zero-order valence-corrected chi connectivity index (χ0v) is 9.61. The SMILES string of the molecule is Cc1ccc(N(C)C(CN)C2CC2)cc1. The molecule has 1 unspecified atom stereocenters. The Morgan fingerprint density at radius 3 is 2.40 bits per heavy atom. The van der Waals surface area contributed by atoms with Crippen molar-refractivity contribution in [1.82, 2.24) is 0 Å². The molecule has 1 fully saturated rings. The molecule has 0 aliphatic heterocycles. The van der Waals surface area contributed by atoms with Gasteiger partial charge in [-0.25, -0.2) is 0 Å². The van der Waals surface area contributed by atoms with Crippen LogP contribution in [0.15, 0.2) is 24.3 Å². The van der Waals surface area contributed by atoms with Gasteiger partial charge in [-0.2, -0.15) is 0 Å². The fourth-order valence-electron chi connectivity index (χ4n) is 2.12. The van der Waals surface area contributed by atoms with E-state index in [-0.39, 0.29) is 0 Å². The van der Waals surface area contributed by atoms with Crippen LogP contribution >= 0.6 is 0 Å². The molecule has 0 saturated heterocycles. The number of anilines is 1. The second-order valence-corrected chi connectivity index (χ2v) is 4.59. The number of aryl methyl sites for hydroxylation is 1. The second kappa shape index (κ2) is 4.23. The van der Waals surface area contributed by atoms with E-state index >= 15 is 0 Å². The van der Waals surface area contributed by atoms with Crippen molar-refractivity contribution in [2.24, 2.45) is 11.7 Å². The molecule has 1 aromatic carbocycles. The van der Waals surface area contributed by atoms with Crippen molar-refractivity contribution in [1.29, 1.82) is 0 Å². The lowest BCUT2D eigenvalue weighted by Crippen LogP contribution is -2.39. The lowest BCUT2D eigenvalue weighted by Gasteiger charge is -2.29. The second-order valence-electron chi connectivity index (χ2n) is 4.59. The van der Waals surface area contributed by atoms with Gasteiger partial charge in [-0.1, -0.05) is 17.7 Å². The fourth-order valence-corrected chi connectivity index (χ4v) is 2.12. The first kappa shape index (κ1) is 10.5. The lowest BCUT2D eigenvalue weighted by molar-refractivity contribution is 0.570. The van der Waals surface area contributed by atoms with E-state index in [1.807, 2.05) is 0 Å². The summed E-state index contributed by atoms with van der Waals surface area (Å²) in [6.45, 7) is 2.88. The van der Waals surface area contributed by atoms with Crippen molar-refractivity contribution in [2.45, 2.75) is 25.8 Å². The fraction of sp³-hybridized carbons (Fsp3) is 0.538. The molecule has 0 bridgehead atoms. The van der Waals surface area contributed by atoms with Crippen LogP contribution in [0.2, 0.25) is 0 Å². The monoisotopic (exact) mass is 204 g/mol. The van der Waals surface area contributed by atoms with Crippen molar-refractivity contribution in [2.75, 3.05) is 18.5 Å². The molecule has 2 N–H and O–H groups in total. The summed E-state index contributed by atoms with van der Waals surface area (Å²) in [6.07, 6.45) is 2.69. The van der Waals surface area contributed by atoms with Crippen molar-refractivity contribution >= 4 is 5.69 Å². The summed E-state index contributed by atoms with van der Waals surface area (Å²) < 4.78 is 0. The molecule has 2 heteroatoms. The molecule has 2 nitrogen and oxygen atoms in total. The van der Waals surface area contributed by atoms with E-state index in [2.05, 4.69) is 43.1 Å². The summed E-state index contributed by atoms with van der Waals surface area (Å²) in [4.78, 5) is 2.33. The van der Waals surface area contributed by atoms with Crippen LogP contribution in [0.25, 0.3) is 0 Å².